The molecular formula is C16H16ClNO3. The second-order valence-electron chi connectivity index (χ2n) is 4.84. The van der Waals surface area contributed by atoms with Crippen molar-refractivity contribution in [2.75, 3.05) is 6.54 Å². The van der Waals surface area contributed by atoms with Crippen molar-refractivity contribution in [3.63, 3.8) is 0 Å². The third-order valence-corrected chi connectivity index (χ3v) is 3.43. The van der Waals surface area contributed by atoms with E-state index >= 15 is 0 Å². The van der Waals surface area contributed by atoms with Gasteiger partial charge in [0, 0.05) is 11.5 Å². The maximum absolute atomic E-state index is 12.1. The number of rotatable bonds is 3. The Balaban J connectivity index is 0.00000161. The van der Waals surface area contributed by atoms with Crippen LogP contribution < -0.4 is 11.4 Å². The van der Waals surface area contributed by atoms with Gasteiger partial charge in [-0.3, -0.25) is 0 Å². The normalized spacial score (nSPS) is 10.7. The molecule has 0 unspecified atom stereocenters. The summed E-state index contributed by atoms with van der Waals surface area (Å²) in [7, 11) is 0. The van der Waals surface area contributed by atoms with Crippen LogP contribution >= 0.6 is 12.4 Å². The fraction of sp³-hybridized carbons (Fsp3) is 0.188. The van der Waals surface area contributed by atoms with E-state index in [9.17, 15) is 9.90 Å². The van der Waals surface area contributed by atoms with Gasteiger partial charge in [-0.2, -0.15) is 0 Å². The molecule has 21 heavy (non-hydrogen) atoms. The largest absolute Gasteiger partial charge is 0.508 e. The summed E-state index contributed by atoms with van der Waals surface area (Å²) in [5.41, 5.74) is 6.60. The molecule has 0 bridgehead atoms. The lowest BCUT2D eigenvalue weighted by molar-refractivity contribution is 0.473. The number of benzene rings is 2. The third-order valence-electron chi connectivity index (χ3n) is 3.43. The summed E-state index contributed by atoms with van der Waals surface area (Å²) in [4.78, 5) is 12.1. The molecule has 110 valence electrons. The highest BCUT2D eigenvalue weighted by atomic mass is 35.5. The Kier molecular flexibility index (Phi) is 4.50. The zero-order valence-electron chi connectivity index (χ0n) is 11.3. The smallest absolute Gasteiger partial charge is 0.344 e. The molecule has 2 aromatic carbocycles. The van der Waals surface area contributed by atoms with Crippen LogP contribution in [0.5, 0.6) is 5.75 Å². The number of phenols is 1. The van der Waals surface area contributed by atoms with Crippen LogP contribution in [0, 0.1) is 0 Å². The number of aryl methyl sites for hydroxylation is 1. The van der Waals surface area contributed by atoms with E-state index in [0.717, 1.165) is 29.2 Å². The van der Waals surface area contributed by atoms with Crippen LogP contribution in [0.1, 0.15) is 12.0 Å². The SMILES string of the molecule is Cl.NCCCc1ccc2c(c1)c(=O)oc1cc(O)ccc12. The van der Waals surface area contributed by atoms with Crippen molar-refractivity contribution in [2.45, 2.75) is 12.8 Å². The van der Waals surface area contributed by atoms with Gasteiger partial charge in [-0.15, -0.1) is 12.4 Å². The fourth-order valence-electron chi connectivity index (χ4n) is 2.43. The summed E-state index contributed by atoms with van der Waals surface area (Å²) >= 11 is 0. The third kappa shape index (κ3) is 2.86. The Bertz CT molecular complexity index is 842. The Morgan fingerprint density at radius 1 is 1.05 bits per heavy atom. The van der Waals surface area contributed by atoms with Crippen LogP contribution in [-0.2, 0) is 6.42 Å². The number of halogens is 1. The monoisotopic (exact) mass is 305 g/mol. The minimum absolute atomic E-state index is 0. The van der Waals surface area contributed by atoms with Crippen molar-refractivity contribution in [1.29, 1.82) is 0 Å². The molecule has 0 spiro atoms. The highest BCUT2D eigenvalue weighted by molar-refractivity contribution is 6.04. The van der Waals surface area contributed by atoms with Gasteiger partial charge in [0.25, 0.3) is 0 Å². The fourth-order valence-corrected chi connectivity index (χ4v) is 2.43. The molecule has 5 heteroatoms. The summed E-state index contributed by atoms with van der Waals surface area (Å²) in [6.07, 6.45) is 1.73. The van der Waals surface area contributed by atoms with E-state index in [-0.39, 0.29) is 23.8 Å². The van der Waals surface area contributed by atoms with E-state index in [1.54, 1.807) is 12.1 Å². The highest BCUT2D eigenvalue weighted by Crippen LogP contribution is 2.26. The predicted molar refractivity (Wildman–Crippen MR) is 86.3 cm³/mol. The standard InChI is InChI=1S/C16H15NO3.ClH/c17-7-1-2-10-3-5-12-13-6-4-11(18)9-15(13)20-16(19)14(12)8-10;/h3-6,8-9,18H,1-2,7,17H2;1H. The number of fused-ring (bicyclic) bond motifs is 3. The van der Waals surface area contributed by atoms with Gasteiger partial charge >= 0.3 is 5.63 Å². The Morgan fingerprint density at radius 3 is 2.57 bits per heavy atom. The van der Waals surface area contributed by atoms with Crippen LogP contribution in [0.3, 0.4) is 0 Å². The first-order valence-corrected chi connectivity index (χ1v) is 6.57. The number of phenolic OH excluding ortho intramolecular Hbond substituents is 1. The number of hydrogen-bond acceptors (Lipinski definition) is 4. The maximum atomic E-state index is 12.1. The van der Waals surface area contributed by atoms with Gasteiger partial charge in [-0.05, 0) is 48.5 Å². The lowest BCUT2D eigenvalue weighted by Gasteiger charge is -2.05. The molecule has 1 heterocycles. The summed E-state index contributed by atoms with van der Waals surface area (Å²) < 4.78 is 5.27. The van der Waals surface area contributed by atoms with E-state index in [1.807, 2.05) is 18.2 Å². The van der Waals surface area contributed by atoms with Gasteiger partial charge < -0.3 is 15.3 Å². The molecule has 0 fully saturated rings. The van der Waals surface area contributed by atoms with Crippen LogP contribution in [-0.4, -0.2) is 11.7 Å². The van der Waals surface area contributed by atoms with Gasteiger partial charge in [0.15, 0.2) is 0 Å². The minimum Gasteiger partial charge on any atom is -0.508 e. The summed E-state index contributed by atoms with van der Waals surface area (Å²) in [6.45, 7) is 0.629. The zero-order chi connectivity index (χ0) is 14.1. The quantitative estimate of drug-likeness (QED) is 0.576. The first kappa shape index (κ1) is 15.4. The Morgan fingerprint density at radius 2 is 1.81 bits per heavy atom. The average Bonchev–Trinajstić information content (AvgIpc) is 2.45. The molecule has 3 N–H and O–H groups in total. The summed E-state index contributed by atoms with van der Waals surface area (Å²) in [6, 6.07) is 10.6. The molecular weight excluding hydrogens is 290 g/mol. The van der Waals surface area contributed by atoms with E-state index in [0.29, 0.717) is 17.5 Å². The first-order chi connectivity index (χ1) is 9.69. The lowest BCUT2D eigenvalue weighted by atomic mass is 10.0. The van der Waals surface area contributed by atoms with Crippen molar-refractivity contribution < 1.29 is 9.52 Å². The number of hydrogen-bond donors (Lipinski definition) is 2. The van der Waals surface area contributed by atoms with Gasteiger partial charge in [0.2, 0.25) is 0 Å². The van der Waals surface area contributed by atoms with E-state index in [2.05, 4.69) is 0 Å². The molecule has 0 radical (unpaired) electrons. The van der Waals surface area contributed by atoms with Gasteiger partial charge in [-0.25, -0.2) is 4.79 Å². The average molecular weight is 306 g/mol. The first-order valence-electron chi connectivity index (χ1n) is 6.57. The molecule has 0 saturated carbocycles. The van der Waals surface area contributed by atoms with Crippen LogP contribution in [0.4, 0.5) is 0 Å². The molecule has 0 amide bonds. The van der Waals surface area contributed by atoms with Gasteiger partial charge in [0.05, 0.1) is 5.39 Å². The minimum atomic E-state index is -0.382. The molecule has 0 atom stereocenters. The highest BCUT2D eigenvalue weighted by Gasteiger charge is 2.08. The lowest BCUT2D eigenvalue weighted by Crippen LogP contribution is -2.03. The number of aromatic hydroxyl groups is 1. The van der Waals surface area contributed by atoms with Crippen molar-refractivity contribution >= 4 is 34.1 Å². The topological polar surface area (TPSA) is 76.5 Å². The summed E-state index contributed by atoms with van der Waals surface area (Å²) in [5.74, 6) is 0.0829. The van der Waals surface area contributed by atoms with Gasteiger partial charge in [-0.1, -0.05) is 12.1 Å². The van der Waals surface area contributed by atoms with E-state index in [4.69, 9.17) is 10.2 Å². The molecule has 0 aliphatic rings. The maximum Gasteiger partial charge on any atom is 0.344 e. The molecule has 3 rings (SSSR count). The second kappa shape index (κ2) is 6.16. The molecule has 4 nitrogen and oxygen atoms in total. The van der Waals surface area contributed by atoms with Gasteiger partial charge in [0.1, 0.15) is 11.3 Å². The van der Waals surface area contributed by atoms with Crippen LogP contribution in [0.2, 0.25) is 0 Å². The second-order valence-corrected chi connectivity index (χ2v) is 4.84. The van der Waals surface area contributed by atoms with E-state index < -0.39 is 0 Å². The van der Waals surface area contributed by atoms with Crippen molar-refractivity contribution in [3.8, 4) is 5.75 Å². The molecule has 0 saturated heterocycles. The van der Waals surface area contributed by atoms with Crippen molar-refractivity contribution in [2.24, 2.45) is 5.73 Å². The van der Waals surface area contributed by atoms with E-state index in [1.165, 1.54) is 6.07 Å². The molecule has 0 aliphatic carbocycles. The van der Waals surface area contributed by atoms with Crippen molar-refractivity contribution in [1.82, 2.24) is 0 Å². The predicted octanol–water partition coefficient (Wildman–Crippen LogP) is 2.96. The Hall–Kier alpha value is -2.04. The summed E-state index contributed by atoms with van der Waals surface area (Å²) in [5, 5.41) is 11.7. The van der Waals surface area contributed by atoms with Crippen LogP contribution in [0.25, 0.3) is 21.7 Å². The zero-order valence-corrected chi connectivity index (χ0v) is 12.2. The van der Waals surface area contributed by atoms with Crippen molar-refractivity contribution in [3.05, 3.63) is 52.4 Å². The Labute approximate surface area is 127 Å². The number of nitrogens with two attached hydrogens (primary N) is 1. The van der Waals surface area contributed by atoms with Crippen LogP contribution in [0.15, 0.2) is 45.6 Å². The molecule has 0 aliphatic heterocycles. The molecule has 3 aromatic rings. The molecule has 1 aromatic heterocycles.